The smallest absolute Gasteiger partial charge is 0.338 e. The van der Waals surface area contributed by atoms with Crippen LogP contribution in [-0.4, -0.2) is 11.9 Å². The van der Waals surface area contributed by atoms with Crippen molar-refractivity contribution in [3.63, 3.8) is 0 Å². The van der Waals surface area contributed by atoms with Gasteiger partial charge in [0.05, 0.1) is 0 Å². The monoisotopic (exact) mass is 504 g/mol. The summed E-state index contributed by atoms with van der Waals surface area (Å²) in [6, 6.07) is 28.6. The van der Waals surface area contributed by atoms with Gasteiger partial charge in [0.2, 0.25) is 0 Å². The standard InChI is InChI=1S/C34H32O4/c1-23(2)33(35)37-31-17-11-25(12-18-31)5-7-27-9-15-30-22-28(10-16-29(30)21-27)8-6-26-13-19-32(20-14-26)38-34(36)24(3)4/h9-22H,1,3,5-8H2,2,4H3. The lowest BCUT2D eigenvalue weighted by molar-refractivity contribution is -0.130. The van der Waals surface area contributed by atoms with Crippen LogP contribution in [0.2, 0.25) is 0 Å². The van der Waals surface area contributed by atoms with E-state index < -0.39 is 11.9 Å². The lowest BCUT2D eigenvalue weighted by atomic mass is 9.98. The first-order valence-corrected chi connectivity index (χ1v) is 12.7. The summed E-state index contributed by atoms with van der Waals surface area (Å²) in [5, 5.41) is 2.47. The minimum absolute atomic E-state index is 0.382. The average molecular weight is 505 g/mol. The lowest BCUT2D eigenvalue weighted by Gasteiger charge is -2.08. The van der Waals surface area contributed by atoms with Gasteiger partial charge in [-0.3, -0.25) is 0 Å². The first kappa shape index (κ1) is 26.6. The molecule has 0 atom stereocenters. The van der Waals surface area contributed by atoms with Crippen LogP contribution in [0.25, 0.3) is 10.8 Å². The highest BCUT2D eigenvalue weighted by Crippen LogP contribution is 2.22. The number of carbonyl (C=O) groups is 2. The Hall–Kier alpha value is -4.44. The molecule has 192 valence electrons. The molecule has 0 unspecified atom stereocenters. The van der Waals surface area contributed by atoms with Crippen LogP contribution in [0.5, 0.6) is 11.5 Å². The summed E-state index contributed by atoms with van der Waals surface area (Å²) in [7, 11) is 0. The zero-order valence-corrected chi connectivity index (χ0v) is 22.0. The first-order valence-electron chi connectivity index (χ1n) is 12.7. The van der Waals surface area contributed by atoms with Gasteiger partial charge in [-0.2, -0.15) is 0 Å². The summed E-state index contributed by atoms with van der Waals surface area (Å²) in [4.78, 5) is 23.3. The van der Waals surface area contributed by atoms with Crippen LogP contribution in [0.15, 0.2) is 109 Å². The Balaban J connectivity index is 1.31. The molecule has 0 saturated heterocycles. The number of esters is 2. The fraction of sp³-hybridized carbons (Fsp3) is 0.176. The number of fused-ring (bicyclic) bond motifs is 1. The zero-order valence-electron chi connectivity index (χ0n) is 22.0. The summed E-state index contributed by atoms with van der Waals surface area (Å²) >= 11 is 0. The van der Waals surface area contributed by atoms with Crippen molar-refractivity contribution in [3.05, 3.63) is 131 Å². The maximum atomic E-state index is 11.7. The zero-order chi connectivity index (χ0) is 27.1. The number of hydrogen-bond acceptors (Lipinski definition) is 4. The van der Waals surface area contributed by atoms with E-state index in [0.29, 0.717) is 22.6 Å². The fourth-order valence-electron chi connectivity index (χ4n) is 4.07. The van der Waals surface area contributed by atoms with Gasteiger partial charge in [0.1, 0.15) is 11.5 Å². The highest BCUT2D eigenvalue weighted by molar-refractivity contribution is 5.89. The van der Waals surface area contributed by atoms with Gasteiger partial charge in [-0.15, -0.1) is 0 Å². The highest BCUT2D eigenvalue weighted by atomic mass is 16.5. The van der Waals surface area contributed by atoms with Gasteiger partial charge in [0.25, 0.3) is 0 Å². The van der Waals surface area contributed by atoms with E-state index in [0.717, 1.165) is 25.7 Å². The molecule has 0 fully saturated rings. The van der Waals surface area contributed by atoms with Crippen molar-refractivity contribution in [3.8, 4) is 11.5 Å². The summed E-state index contributed by atoms with van der Waals surface area (Å²) < 4.78 is 10.5. The Kier molecular flexibility index (Phi) is 8.55. The van der Waals surface area contributed by atoms with E-state index in [2.05, 4.69) is 49.6 Å². The Bertz CT molecular complexity index is 1360. The molecule has 4 aromatic carbocycles. The van der Waals surface area contributed by atoms with E-state index >= 15 is 0 Å². The molecule has 0 aliphatic heterocycles. The van der Waals surface area contributed by atoms with E-state index in [9.17, 15) is 9.59 Å². The SMILES string of the molecule is C=C(C)C(=O)Oc1ccc(CCc2ccc3cc(CCc4ccc(OC(=O)C(=C)C)cc4)ccc3c2)cc1. The van der Waals surface area contributed by atoms with Crippen LogP contribution < -0.4 is 9.47 Å². The molecular formula is C34H32O4. The summed E-state index contributed by atoms with van der Waals surface area (Å²) in [5.74, 6) is 0.248. The minimum atomic E-state index is -0.408. The fourth-order valence-corrected chi connectivity index (χ4v) is 4.07. The van der Waals surface area contributed by atoms with Crippen LogP contribution in [0.4, 0.5) is 0 Å². The second-order valence-corrected chi connectivity index (χ2v) is 9.64. The number of aryl methyl sites for hydroxylation is 4. The molecule has 4 rings (SSSR count). The van der Waals surface area contributed by atoms with Gasteiger partial charge in [-0.25, -0.2) is 9.59 Å². The summed E-state index contributed by atoms with van der Waals surface area (Å²) in [5.41, 5.74) is 5.72. The third-order valence-corrected chi connectivity index (χ3v) is 6.34. The molecule has 0 radical (unpaired) electrons. The molecule has 0 N–H and O–H groups in total. The lowest BCUT2D eigenvalue weighted by Crippen LogP contribution is -2.08. The van der Waals surface area contributed by atoms with Crippen molar-refractivity contribution >= 4 is 22.7 Å². The number of carbonyl (C=O) groups excluding carboxylic acids is 2. The molecule has 0 aliphatic rings. The number of rotatable bonds is 10. The third kappa shape index (κ3) is 7.30. The maximum Gasteiger partial charge on any atom is 0.338 e. The maximum absolute atomic E-state index is 11.7. The predicted octanol–water partition coefficient (Wildman–Crippen LogP) is 7.37. The Labute approximate surface area is 224 Å². The molecule has 0 aromatic heterocycles. The second kappa shape index (κ2) is 12.2. The van der Waals surface area contributed by atoms with E-state index in [1.807, 2.05) is 48.5 Å². The molecule has 38 heavy (non-hydrogen) atoms. The van der Waals surface area contributed by atoms with Crippen LogP contribution in [0.3, 0.4) is 0 Å². The van der Waals surface area contributed by atoms with Crippen molar-refractivity contribution < 1.29 is 19.1 Å². The van der Waals surface area contributed by atoms with Crippen molar-refractivity contribution in [2.24, 2.45) is 0 Å². The largest absolute Gasteiger partial charge is 0.423 e. The molecule has 4 heteroatoms. The van der Waals surface area contributed by atoms with Gasteiger partial charge < -0.3 is 9.47 Å². The van der Waals surface area contributed by atoms with Crippen LogP contribution in [0, 0.1) is 0 Å². The molecular weight excluding hydrogens is 472 g/mol. The van der Waals surface area contributed by atoms with E-state index in [1.165, 1.54) is 33.0 Å². The number of benzene rings is 4. The molecule has 4 aromatic rings. The molecule has 0 aliphatic carbocycles. The van der Waals surface area contributed by atoms with Gasteiger partial charge in [0, 0.05) is 11.1 Å². The normalized spacial score (nSPS) is 10.7. The Morgan fingerprint density at radius 1 is 0.526 bits per heavy atom. The highest BCUT2D eigenvalue weighted by Gasteiger charge is 2.07. The van der Waals surface area contributed by atoms with Crippen molar-refractivity contribution in [2.45, 2.75) is 39.5 Å². The summed E-state index contributed by atoms with van der Waals surface area (Å²) in [6.07, 6.45) is 3.67. The molecule has 4 nitrogen and oxygen atoms in total. The molecule has 0 saturated carbocycles. The van der Waals surface area contributed by atoms with Gasteiger partial charge >= 0.3 is 11.9 Å². The summed E-state index contributed by atoms with van der Waals surface area (Å²) in [6.45, 7) is 10.5. The third-order valence-electron chi connectivity index (χ3n) is 6.34. The van der Waals surface area contributed by atoms with Crippen LogP contribution in [-0.2, 0) is 35.3 Å². The topological polar surface area (TPSA) is 52.6 Å². The van der Waals surface area contributed by atoms with Crippen molar-refractivity contribution in [1.29, 1.82) is 0 Å². The van der Waals surface area contributed by atoms with Crippen LogP contribution >= 0.6 is 0 Å². The molecule has 0 amide bonds. The first-order chi connectivity index (χ1) is 18.3. The van der Waals surface area contributed by atoms with Gasteiger partial charge in [0.15, 0.2) is 0 Å². The van der Waals surface area contributed by atoms with Crippen molar-refractivity contribution in [2.75, 3.05) is 0 Å². The quantitative estimate of drug-likeness (QED) is 0.128. The van der Waals surface area contributed by atoms with Crippen molar-refractivity contribution in [1.82, 2.24) is 0 Å². The number of hydrogen-bond donors (Lipinski definition) is 0. The Morgan fingerprint density at radius 2 is 0.842 bits per heavy atom. The predicted molar refractivity (Wildman–Crippen MR) is 153 cm³/mol. The Morgan fingerprint density at radius 3 is 1.18 bits per heavy atom. The molecule has 0 heterocycles. The van der Waals surface area contributed by atoms with Gasteiger partial charge in [-0.05, 0) is 96.8 Å². The van der Waals surface area contributed by atoms with E-state index in [4.69, 9.17) is 9.47 Å². The number of ether oxygens (including phenoxy) is 2. The minimum Gasteiger partial charge on any atom is -0.423 e. The average Bonchev–Trinajstić information content (AvgIpc) is 2.92. The van der Waals surface area contributed by atoms with E-state index in [-0.39, 0.29) is 0 Å². The second-order valence-electron chi connectivity index (χ2n) is 9.64. The molecule has 0 spiro atoms. The molecule has 0 bridgehead atoms. The van der Waals surface area contributed by atoms with E-state index in [1.54, 1.807) is 13.8 Å². The van der Waals surface area contributed by atoms with Gasteiger partial charge in [-0.1, -0.05) is 73.8 Å². The van der Waals surface area contributed by atoms with Crippen LogP contribution in [0.1, 0.15) is 36.1 Å².